The number of hydrogen-bond acceptors (Lipinski definition) is 4. The standard InChI is InChI=1S/C18H18ClN3O3S/c1-24-15-8-6-12(10-16(15)25-2)7-9-17(23)21-22-18(26)20-14-5-3-4-13(19)11-14/h3-11H,1-2H3,(H,21,23)(H2,20,22,26)/b9-7+. The Kier molecular flexibility index (Phi) is 7.25. The highest BCUT2D eigenvalue weighted by atomic mass is 35.5. The van der Waals surface area contributed by atoms with Crippen LogP contribution in [-0.4, -0.2) is 25.2 Å². The van der Waals surface area contributed by atoms with Gasteiger partial charge in [0.25, 0.3) is 5.91 Å². The lowest BCUT2D eigenvalue weighted by molar-refractivity contribution is -0.116. The van der Waals surface area contributed by atoms with Crippen LogP contribution in [0, 0.1) is 0 Å². The van der Waals surface area contributed by atoms with Crippen molar-refractivity contribution in [1.82, 2.24) is 10.9 Å². The number of thiocarbonyl (C=S) groups is 1. The minimum Gasteiger partial charge on any atom is -0.493 e. The number of carbonyl (C=O) groups is 1. The van der Waals surface area contributed by atoms with Crippen molar-refractivity contribution in [1.29, 1.82) is 0 Å². The molecule has 2 rings (SSSR count). The fourth-order valence-electron chi connectivity index (χ4n) is 2.02. The number of halogens is 1. The zero-order chi connectivity index (χ0) is 18.9. The van der Waals surface area contributed by atoms with Crippen molar-refractivity contribution < 1.29 is 14.3 Å². The third-order valence-electron chi connectivity index (χ3n) is 3.22. The van der Waals surface area contributed by atoms with E-state index in [0.717, 1.165) is 5.56 Å². The summed E-state index contributed by atoms with van der Waals surface area (Å²) in [5.41, 5.74) is 6.58. The molecule has 0 aliphatic carbocycles. The quantitative estimate of drug-likeness (QED) is 0.412. The van der Waals surface area contributed by atoms with E-state index in [1.165, 1.54) is 6.08 Å². The molecule has 0 heterocycles. The monoisotopic (exact) mass is 391 g/mol. The molecule has 2 aromatic rings. The van der Waals surface area contributed by atoms with E-state index in [9.17, 15) is 4.79 Å². The molecule has 0 unspecified atom stereocenters. The average Bonchev–Trinajstić information content (AvgIpc) is 2.64. The summed E-state index contributed by atoms with van der Waals surface area (Å²) < 4.78 is 10.4. The van der Waals surface area contributed by atoms with Crippen molar-refractivity contribution in [3.8, 4) is 11.5 Å². The Bertz CT molecular complexity index is 827. The molecule has 0 fully saturated rings. The minimum atomic E-state index is -0.366. The maximum Gasteiger partial charge on any atom is 0.262 e. The summed E-state index contributed by atoms with van der Waals surface area (Å²) in [7, 11) is 3.11. The summed E-state index contributed by atoms with van der Waals surface area (Å²) in [6.45, 7) is 0. The van der Waals surface area contributed by atoms with Gasteiger partial charge in [0.15, 0.2) is 16.6 Å². The molecular formula is C18H18ClN3O3S. The zero-order valence-electron chi connectivity index (χ0n) is 14.2. The molecular weight excluding hydrogens is 374 g/mol. The Morgan fingerprint density at radius 2 is 1.85 bits per heavy atom. The molecule has 136 valence electrons. The first-order valence-electron chi connectivity index (χ1n) is 7.54. The van der Waals surface area contributed by atoms with Gasteiger partial charge in [-0.2, -0.15) is 0 Å². The smallest absolute Gasteiger partial charge is 0.262 e. The predicted molar refractivity (Wildman–Crippen MR) is 108 cm³/mol. The van der Waals surface area contributed by atoms with Gasteiger partial charge >= 0.3 is 0 Å². The second-order valence-corrected chi connectivity index (χ2v) is 5.87. The molecule has 0 aromatic heterocycles. The van der Waals surface area contributed by atoms with Gasteiger partial charge in [-0.25, -0.2) is 0 Å². The van der Waals surface area contributed by atoms with Gasteiger partial charge in [0.05, 0.1) is 14.2 Å². The van der Waals surface area contributed by atoms with Gasteiger partial charge in [0.2, 0.25) is 0 Å². The summed E-state index contributed by atoms with van der Waals surface area (Å²) in [5, 5.41) is 3.73. The Morgan fingerprint density at radius 1 is 1.08 bits per heavy atom. The van der Waals surface area contributed by atoms with Crippen LogP contribution in [-0.2, 0) is 4.79 Å². The number of amides is 1. The minimum absolute atomic E-state index is 0.236. The summed E-state index contributed by atoms with van der Waals surface area (Å²) >= 11 is 11.0. The van der Waals surface area contributed by atoms with Crippen LogP contribution in [0.2, 0.25) is 5.02 Å². The van der Waals surface area contributed by atoms with E-state index in [0.29, 0.717) is 22.2 Å². The number of anilines is 1. The molecule has 3 N–H and O–H groups in total. The number of hydrazine groups is 1. The lowest BCUT2D eigenvalue weighted by Gasteiger charge is -2.10. The highest BCUT2D eigenvalue weighted by Gasteiger charge is 2.04. The zero-order valence-corrected chi connectivity index (χ0v) is 15.8. The molecule has 0 aliphatic heterocycles. The van der Waals surface area contributed by atoms with Gasteiger partial charge < -0.3 is 14.8 Å². The van der Waals surface area contributed by atoms with Crippen molar-refractivity contribution in [3.63, 3.8) is 0 Å². The molecule has 0 saturated carbocycles. The van der Waals surface area contributed by atoms with E-state index in [4.69, 9.17) is 33.3 Å². The number of hydrogen-bond donors (Lipinski definition) is 3. The van der Waals surface area contributed by atoms with Crippen LogP contribution in [0.5, 0.6) is 11.5 Å². The summed E-state index contributed by atoms with van der Waals surface area (Å²) in [4.78, 5) is 11.9. The maximum atomic E-state index is 11.9. The van der Waals surface area contributed by atoms with Crippen molar-refractivity contribution in [2.24, 2.45) is 0 Å². The van der Waals surface area contributed by atoms with E-state index in [1.807, 2.05) is 6.07 Å². The Morgan fingerprint density at radius 3 is 2.54 bits per heavy atom. The van der Waals surface area contributed by atoms with E-state index < -0.39 is 0 Å². The Hall–Kier alpha value is -2.77. The Balaban J connectivity index is 1.86. The molecule has 8 heteroatoms. The molecule has 0 bridgehead atoms. The van der Waals surface area contributed by atoms with Crippen molar-refractivity contribution >= 4 is 46.6 Å². The highest BCUT2D eigenvalue weighted by molar-refractivity contribution is 7.80. The second-order valence-electron chi connectivity index (χ2n) is 5.03. The predicted octanol–water partition coefficient (Wildman–Crippen LogP) is 3.39. The van der Waals surface area contributed by atoms with E-state index in [1.54, 1.807) is 56.7 Å². The van der Waals surface area contributed by atoms with Crippen LogP contribution in [0.3, 0.4) is 0 Å². The van der Waals surface area contributed by atoms with Crippen LogP contribution in [0.15, 0.2) is 48.5 Å². The normalized spacial score (nSPS) is 10.3. The summed E-state index contributed by atoms with van der Waals surface area (Å²) in [6.07, 6.45) is 3.02. The molecule has 0 radical (unpaired) electrons. The van der Waals surface area contributed by atoms with Gasteiger partial charge in [-0.05, 0) is 54.2 Å². The number of ether oxygens (including phenoxy) is 2. The molecule has 0 saturated heterocycles. The van der Waals surface area contributed by atoms with Gasteiger partial charge in [-0.15, -0.1) is 0 Å². The van der Waals surface area contributed by atoms with Crippen molar-refractivity contribution in [3.05, 3.63) is 59.1 Å². The van der Waals surface area contributed by atoms with Crippen molar-refractivity contribution in [2.75, 3.05) is 19.5 Å². The first-order chi connectivity index (χ1) is 12.5. The highest BCUT2D eigenvalue weighted by Crippen LogP contribution is 2.27. The van der Waals surface area contributed by atoms with Gasteiger partial charge in [0, 0.05) is 16.8 Å². The number of methoxy groups -OCH3 is 2. The average molecular weight is 392 g/mol. The summed E-state index contributed by atoms with van der Waals surface area (Å²) in [5.74, 6) is 0.836. The van der Waals surface area contributed by atoms with Gasteiger partial charge in [-0.3, -0.25) is 15.6 Å². The largest absolute Gasteiger partial charge is 0.493 e. The number of nitrogens with one attached hydrogen (secondary N) is 3. The second kappa shape index (κ2) is 9.65. The number of rotatable bonds is 5. The van der Waals surface area contributed by atoms with E-state index in [2.05, 4.69) is 16.2 Å². The first-order valence-corrected chi connectivity index (χ1v) is 8.33. The SMILES string of the molecule is COc1ccc(/C=C/C(=O)NNC(=S)Nc2cccc(Cl)c2)cc1OC. The molecule has 0 atom stereocenters. The first kappa shape index (κ1) is 19.6. The van der Waals surface area contributed by atoms with Crippen LogP contribution in [0.4, 0.5) is 5.69 Å². The van der Waals surface area contributed by atoms with E-state index in [-0.39, 0.29) is 11.0 Å². The van der Waals surface area contributed by atoms with E-state index >= 15 is 0 Å². The molecule has 0 aliphatic rings. The Labute approximate surface area is 162 Å². The third kappa shape index (κ3) is 5.94. The lowest BCUT2D eigenvalue weighted by atomic mass is 10.2. The summed E-state index contributed by atoms with van der Waals surface area (Å²) in [6, 6.07) is 12.4. The van der Waals surface area contributed by atoms with Crippen LogP contribution >= 0.6 is 23.8 Å². The maximum absolute atomic E-state index is 11.9. The van der Waals surface area contributed by atoms with Crippen molar-refractivity contribution in [2.45, 2.75) is 0 Å². The van der Waals surface area contributed by atoms with Gasteiger partial charge in [0.1, 0.15) is 0 Å². The number of benzene rings is 2. The molecule has 6 nitrogen and oxygen atoms in total. The van der Waals surface area contributed by atoms with Crippen LogP contribution < -0.4 is 25.6 Å². The van der Waals surface area contributed by atoms with Crippen LogP contribution in [0.25, 0.3) is 6.08 Å². The molecule has 1 amide bonds. The molecule has 26 heavy (non-hydrogen) atoms. The lowest BCUT2D eigenvalue weighted by Crippen LogP contribution is -2.43. The van der Waals surface area contributed by atoms with Gasteiger partial charge in [-0.1, -0.05) is 23.7 Å². The fraction of sp³-hybridized carbons (Fsp3) is 0.111. The fourth-order valence-corrected chi connectivity index (χ4v) is 2.38. The molecule has 0 spiro atoms. The topological polar surface area (TPSA) is 71.6 Å². The third-order valence-corrected chi connectivity index (χ3v) is 3.66. The molecule has 2 aromatic carbocycles. The van der Waals surface area contributed by atoms with Crippen LogP contribution in [0.1, 0.15) is 5.56 Å². The number of carbonyl (C=O) groups excluding carboxylic acids is 1.